The first kappa shape index (κ1) is 16.4. The summed E-state index contributed by atoms with van der Waals surface area (Å²) in [6, 6.07) is 8.41. The van der Waals surface area contributed by atoms with Crippen LogP contribution >= 0.6 is 11.8 Å². The molecule has 0 saturated heterocycles. The van der Waals surface area contributed by atoms with E-state index in [1.165, 1.54) is 12.0 Å². The first-order valence-corrected chi connectivity index (χ1v) is 8.15. The van der Waals surface area contributed by atoms with E-state index in [2.05, 4.69) is 32.9 Å². The third kappa shape index (κ3) is 5.07. The Bertz CT molecular complexity index is 368. The van der Waals surface area contributed by atoms with Crippen molar-refractivity contribution in [3.63, 3.8) is 0 Å². The van der Waals surface area contributed by atoms with E-state index in [1.807, 2.05) is 23.9 Å². The van der Waals surface area contributed by atoms with Gasteiger partial charge in [0.05, 0.1) is 7.11 Å². The molecule has 0 spiro atoms. The molecule has 0 aliphatic rings. The molecule has 0 aliphatic carbocycles. The van der Waals surface area contributed by atoms with E-state index in [-0.39, 0.29) is 6.04 Å². The summed E-state index contributed by atoms with van der Waals surface area (Å²) in [6.45, 7) is 6.67. The van der Waals surface area contributed by atoms with Gasteiger partial charge in [-0.1, -0.05) is 39.0 Å². The number of benzene rings is 1. The molecule has 108 valence electrons. The van der Waals surface area contributed by atoms with Crippen LogP contribution < -0.4 is 10.5 Å². The van der Waals surface area contributed by atoms with Crippen LogP contribution in [0.1, 0.15) is 44.4 Å². The molecular weight excluding hydrogens is 254 g/mol. The van der Waals surface area contributed by atoms with Gasteiger partial charge in [0, 0.05) is 16.9 Å². The van der Waals surface area contributed by atoms with Crippen molar-refractivity contribution in [3.8, 4) is 5.75 Å². The molecule has 2 nitrogen and oxygen atoms in total. The molecule has 0 radical (unpaired) electrons. The lowest BCUT2D eigenvalue weighted by Gasteiger charge is -2.25. The number of hydrogen-bond acceptors (Lipinski definition) is 3. The van der Waals surface area contributed by atoms with E-state index in [4.69, 9.17) is 10.5 Å². The zero-order valence-electron chi connectivity index (χ0n) is 12.6. The van der Waals surface area contributed by atoms with Gasteiger partial charge >= 0.3 is 0 Å². The lowest BCUT2D eigenvalue weighted by atomic mass is 10.0. The van der Waals surface area contributed by atoms with Crippen LogP contribution in [0.4, 0.5) is 0 Å². The molecule has 0 heterocycles. The Kier molecular flexibility index (Phi) is 7.32. The Morgan fingerprint density at radius 2 is 1.95 bits per heavy atom. The second-order valence-corrected chi connectivity index (χ2v) is 6.54. The maximum atomic E-state index is 6.31. The van der Waals surface area contributed by atoms with Gasteiger partial charge in [-0.15, -0.1) is 0 Å². The number of para-hydroxylation sites is 1. The minimum Gasteiger partial charge on any atom is -0.496 e. The third-order valence-corrected chi connectivity index (χ3v) is 4.73. The average molecular weight is 281 g/mol. The first-order chi connectivity index (χ1) is 9.10. The molecule has 2 unspecified atom stereocenters. The topological polar surface area (TPSA) is 35.2 Å². The molecule has 0 aliphatic heterocycles. The fourth-order valence-corrected chi connectivity index (χ4v) is 3.67. The molecule has 2 N–H and O–H groups in total. The maximum Gasteiger partial charge on any atom is 0.123 e. The van der Waals surface area contributed by atoms with E-state index in [0.29, 0.717) is 5.25 Å². The summed E-state index contributed by atoms with van der Waals surface area (Å²) in [4.78, 5) is 0. The highest BCUT2D eigenvalue weighted by molar-refractivity contribution is 7.99. The van der Waals surface area contributed by atoms with E-state index in [0.717, 1.165) is 23.8 Å². The summed E-state index contributed by atoms with van der Waals surface area (Å²) in [6.07, 6.45) is 2.21. The molecule has 1 aromatic rings. The molecular formula is C16H27NOS. The van der Waals surface area contributed by atoms with Gasteiger partial charge in [0.2, 0.25) is 0 Å². The van der Waals surface area contributed by atoms with Crippen molar-refractivity contribution in [1.29, 1.82) is 0 Å². The lowest BCUT2D eigenvalue weighted by molar-refractivity contribution is 0.407. The standard InChI is InChI=1S/C16H27NOS/c1-5-14(17)16(19-11-10-12(2)3)13-8-6-7-9-15(13)18-4/h6-9,12,14,16H,5,10-11,17H2,1-4H3. The van der Waals surface area contributed by atoms with Crippen molar-refractivity contribution >= 4 is 11.8 Å². The molecule has 1 aromatic carbocycles. The number of thioether (sulfide) groups is 1. The first-order valence-electron chi connectivity index (χ1n) is 7.10. The highest BCUT2D eigenvalue weighted by Crippen LogP contribution is 2.38. The molecule has 19 heavy (non-hydrogen) atoms. The van der Waals surface area contributed by atoms with Crippen molar-refractivity contribution in [2.24, 2.45) is 11.7 Å². The number of hydrogen-bond donors (Lipinski definition) is 1. The molecule has 2 atom stereocenters. The Morgan fingerprint density at radius 3 is 2.53 bits per heavy atom. The van der Waals surface area contributed by atoms with Gasteiger partial charge < -0.3 is 10.5 Å². The molecule has 0 fully saturated rings. The largest absolute Gasteiger partial charge is 0.496 e. The molecule has 0 bridgehead atoms. The van der Waals surface area contributed by atoms with E-state index < -0.39 is 0 Å². The highest BCUT2D eigenvalue weighted by Gasteiger charge is 2.22. The highest BCUT2D eigenvalue weighted by atomic mass is 32.2. The fourth-order valence-electron chi connectivity index (χ4n) is 1.99. The molecule has 0 amide bonds. The predicted molar refractivity (Wildman–Crippen MR) is 85.9 cm³/mol. The summed E-state index contributed by atoms with van der Waals surface area (Å²) in [7, 11) is 1.73. The van der Waals surface area contributed by atoms with Crippen LogP contribution in [0.2, 0.25) is 0 Å². The summed E-state index contributed by atoms with van der Waals surface area (Å²) in [5, 5.41) is 0.319. The maximum absolute atomic E-state index is 6.31. The Balaban J connectivity index is 2.83. The number of nitrogens with two attached hydrogens (primary N) is 1. The zero-order chi connectivity index (χ0) is 14.3. The van der Waals surface area contributed by atoms with Crippen molar-refractivity contribution in [3.05, 3.63) is 29.8 Å². The quantitative estimate of drug-likeness (QED) is 0.773. The van der Waals surface area contributed by atoms with Gasteiger partial charge in [-0.3, -0.25) is 0 Å². The van der Waals surface area contributed by atoms with E-state index >= 15 is 0 Å². The lowest BCUT2D eigenvalue weighted by Crippen LogP contribution is -2.26. The SMILES string of the molecule is CCC(N)C(SCCC(C)C)c1ccccc1OC. The van der Waals surface area contributed by atoms with Crippen LogP contribution in [0.15, 0.2) is 24.3 Å². The Morgan fingerprint density at radius 1 is 1.26 bits per heavy atom. The van der Waals surface area contributed by atoms with Crippen LogP contribution in [0.25, 0.3) is 0 Å². The fraction of sp³-hybridized carbons (Fsp3) is 0.625. The van der Waals surface area contributed by atoms with Gasteiger partial charge in [-0.05, 0) is 30.6 Å². The normalized spacial score (nSPS) is 14.4. The van der Waals surface area contributed by atoms with Gasteiger partial charge in [-0.25, -0.2) is 0 Å². The molecule has 1 rings (SSSR count). The minimum absolute atomic E-state index is 0.175. The van der Waals surface area contributed by atoms with Crippen LogP contribution in [0, 0.1) is 5.92 Å². The number of rotatable bonds is 8. The monoisotopic (exact) mass is 281 g/mol. The number of ether oxygens (including phenoxy) is 1. The zero-order valence-corrected chi connectivity index (χ0v) is 13.4. The van der Waals surface area contributed by atoms with Crippen LogP contribution in [0.5, 0.6) is 5.75 Å². The summed E-state index contributed by atoms with van der Waals surface area (Å²) < 4.78 is 5.48. The Labute approximate surface area is 122 Å². The second kappa shape index (κ2) is 8.49. The molecule has 3 heteroatoms. The number of methoxy groups -OCH3 is 1. The molecule has 0 aromatic heterocycles. The van der Waals surface area contributed by atoms with Gasteiger partial charge in [0.15, 0.2) is 0 Å². The van der Waals surface area contributed by atoms with E-state index in [1.54, 1.807) is 7.11 Å². The van der Waals surface area contributed by atoms with E-state index in [9.17, 15) is 0 Å². The van der Waals surface area contributed by atoms with Crippen molar-refractivity contribution in [2.45, 2.75) is 44.9 Å². The summed E-state index contributed by atoms with van der Waals surface area (Å²) >= 11 is 1.96. The van der Waals surface area contributed by atoms with Crippen LogP contribution in [-0.4, -0.2) is 18.9 Å². The van der Waals surface area contributed by atoms with Gasteiger partial charge in [-0.2, -0.15) is 11.8 Å². The van der Waals surface area contributed by atoms with Crippen LogP contribution in [-0.2, 0) is 0 Å². The average Bonchev–Trinajstić information content (AvgIpc) is 2.42. The second-order valence-electron chi connectivity index (χ2n) is 5.29. The minimum atomic E-state index is 0.175. The predicted octanol–water partition coefficient (Wildman–Crippen LogP) is 4.25. The third-order valence-electron chi connectivity index (χ3n) is 3.30. The van der Waals surface area contributed by atoms with Gasteiger partial charge in [0.1, 0.15) is 5.75 Å². The summed E-state index contributed by atoms with van der Waals surface area (Å²) in [5.41, 5.74) is 7.54. The molecule has 0 saturated carbocycles. The smallest absolute Gasteiger partial charge is 0.123 e. The van der Waals surface area contributed by atoms with Crippen LogP contribution in [0.3, 0.4) is 0 Å². The van der Waals surface area contributed by atoms with Crippen molar-refractivity contribution < 1.29 is 4.74 Å². The summed E-state index contributed by atoms with van der Waals surface area (Å²) in [5.74, 6) is 2.84. The Hall–Kier alpha value is -0.670. The van der Waals surface area contributed by atoms with Crippen molar-refractivity contribution in [2.75, 3.05) is 12.9 Å². The van der Waals surface area contributed by atoms with Gasteiger partial charge in [0.25, 0.3) is 0 Å². The van der Waals surface area contributed by atoms with Crippen molar-refractivity contribution in [1.82, 2.24) is 0 Å².